The second kappa shape index (κ2) is 5.66. The number of nitrogens with one attached hydrogen (secondary N) is 1. The van der Waals surface area contributed by atoms with Gasteiger partial charge in [-0.2, -0.15) is 0 Å². The first kappa shape index (κ1) is 13.3. The van der Waals surface area contributed by atoms with E-state index in [1.807, 2.05) is 0 Å². The van der Waals surface area contributed by atoms with E-state index in [2.05, 4.69) is 10.3 Å². The van der Waals surface area contributed by atoms with Crippen LogP contribution in [0.4, 0.5) is 5.13 Å². The number of benzene rings is 1. The molecular formula is C12H14N4O2S. The molecule has 100 valence electrons. The number of nitrogen functional groups attached to an aromatic ring is 1. The van der Waals surface area contributed by atoms with E-state index in [1.165, 1.54) is 11.3 Å². The van der Waals surface area contributed by atoms with Crippen molar-refractivity contribution in [1.82, 2.24) is 10.3 Å². The highest BCUT2D eigenvalue weighted by molar-refractivity contribution is 7.22. The normalized spacial score (nSPS) is 10.5. The van der Waals surface area contributed by atoms with Gasteiger partial charge in [-0.05, 0) is 24.6 Å². The van der Waals surface area contributed by atoms with Gasteiger partial charge in [0.25, 0.3) is 5.91 Å². The summed E-state index contributed by atoms with van der Waals surface area (Å²) in [5, 5.41) is 3.21. The van der Waals surface area contributed by atoms with Crippen LogP contribution in [0.5, 0.6) is 0 Å². The molecule has 2 amide bonds. The van der Waals surface area contributed by atoms with Crippen LogP contribution in [-0.2, 0) is 4.79 Å². The maximum absolute atomic E-state index is 11.9. The third-order valence-electron chi connectivity index (χ3n) is 2.55. The zero-order chi connectivity index (χ0) is 13.8. The van der Waals surface area contributed by atoms with Crippen LogP contribution in [0.25, 0.3) is 10.2 Å². The lowest BCUT2D eigenvalue weighted by atomic mass is 10.2. The minimum atomic E-state index is -0.365. The fourth-order valence-electron chi connectivity index (χ4n) is 1.65. The van der Waals surface area contributed by atoms with E-state index < -0.39 is 0 Å². The fraction of sp³-hybridized carbons (Fsp3) is 0.250. The Kier molecular flexibility index (Phi) is 3.96. The van der Waals surface area contributed by atoms with Crippen molar-refractivity contribution in [2.75, 3.05) is 12.3 Å². The molecule has 1 aromatic carbocycles. The van der Waals surface area contributed by atoms with Crippen molar-refractivity contribution in [2.24, 2.45) is 5.73 Å². The Morgan fingerprint density at radius 2 is 2.16 bits per heavy atom. The Balaban J connectivity index is 1.98. The number of nitrogens with two attached hydrogens (primary N) is 2. The molecule has 0 aliphatic heterocycles. The average molecular weight is 278 g/mol. The molecule has 1 heterocycles. The van der Waals surface area contributed by atoms with Gasteiger partial charge in [0.2, 0.25) is 5.91 Å². The summed E-state index contributed by atoms with van der Waals surface area (Å²) in [5.41, 5.74) is 12.0. The van der Waals surface area contributed by atoms with Gasteiger partial charge in [-0.3, -0.25) is 9.59 Å². The van der Waals surface area contributed by atoms with E-state index in [-0.39, 0.29) is 18.2 Å². The molecule has 0 bridgehead atoms. The molecule has 19 heavy (non-hydrogen) atoms. The lowest BCUT2D eigenvalue weighted by Gasteiger charge is -2.04. The van der Waals surface area contributed by atoms with E-state index in [1.54, 1.807) is 18.2 Å². The second-order valence-electron chi connectivity index (χ2n) is 4.06. The number of carbonyl (C=O) groups excluding carboxylic acids is 2. The number of aromatic nitrogens is 1. The van der Waals surface area contributed by atoms with Gasteiger partial charge in [-0.25, -0.2) is 4.98 Å². The van der Waals surface area contributed by atoms with Gasteiger partial charge < -0.3 is 16.8 Å². The zero-order valence-electron chi connectivity index (χ0n) is 10.2. The van der Waals surface area contributed by atoms with Crippen LogP contribution in [0.15, 0.2) is 18.2 Å². The maximum atomic E-state index is 11.9. The van der Waals surface area contributed by atoms with Gasteiger partial charge in [-0.1, -0.05) is 11.3 Å². The van der Waals surface area contributed by atoms with Crippen molar-refractivity contribution >= 4 is 38.5 Å². The van der Waals surface area contributed by atoms with Gasteiger partial charge in [0.1, 0.15) is 0 Å². The Morgan fingerprint density at radius 1 is 1.37 bits per heavy atom. The van der Waals surface area contributed by atoms with Gasteiger partial charge in [-0.15, -0.1) is 0 Å². The van der Waals surface area contributed by atoms with Crippen molar-refractivity contribution in [2.45, 2.75) is 12.8 Å². The number of carbonyl (C=O) groups is 2. The van der Waals surface area contributed by atoms with Crippen LogP contribution in [0.3, 0.4) is 0 Å². The number of hydrogen-bond acceptors (Lipinski definition) is 5. The highest BCUT2D eigenvalue weighted by Crippen LogP contribution is 2.24. The molecule has 2 rings (SSSR count). The number of anilines is 1. The van der Waals surface area contributed by atoms with Crippen molar-refractivity contribution in [3.05, 3.63) is 23.8 Å². The van der Waals surface area contributed by atoms with Crippen LogP contribution in [0.1, 0.15) is 23.2 Å². The van der Waals surface area contributed by atoms with Gasteiger partial charge in [0, 0.05) is 18.5 Å². The van der Waals surface area contributed by atoms with Crippen LogP contribution in [-0.4, -0.2) is 23.3 Å². The largest absolute Gasteiger partial charge is 0.375 e. The summed E-state index contributed by atoms with van der Waals surface area (Å²) in [5.74, 6) is -0.547. The highest BCUT2D eigenvalue weighted by Gasteiger charge is 2.08. The Labute approximate surface area is 113 Å². The van der Waals surface area contributed by atoms with Gasteiger partial charge >= 0.3 is 0 Å². The lowest BCUT2D eigenvalue weighted by molar-refractivity contribution is -0.118. The number of nitrogens with zero attached hydrogens (tertiary/aromatic N) is 1. The molecule has 0 saturated carbocycles. The summed E-state index contributed by atoms with van der Waals surface area (Å²) in [6.45, 7) is 0.421. The SMILES string of the molecule is NC(=O)CCCNC(=O)c1ccc2nc(N)sc2c1. The maximum Gasteiger partial charge on any atom is 0.251 e. The lowest BCUT2D eigenvalue weighted by Crippen LogP contribution is -2.25. The molecule has 1 aromatic heterocycles. The quantitative estimate of drug-likeness (QED) is 0.705. The minimum Gasteiger partial charge on any atom is -0.375 e. The standard InChI is InChI=1S/C12H14N4O2S/c13-10(17)2-1-5-15-11(18)7-3-4-8-9(6-7)19-12(14)16-8/h3-4,6H,1-2,5H2,(H2,13,17)(H2,14,16)(H,15,18). The molecule has 0 radical (unpaired) electrons. The number of rotatable bonds is 5. The van der Waals surface area contributed by atoms with Crippen LogP contribution in [0.2, 0.25) is 0 Å². The molecular weight excluding hydrogens is 264 g/mol. The van der Waals surface area contributed by atoms with E-state index in [0.29, 0.717) is 23.7 Å². The predicted octanol–water partition coefficient (Wildman–Crippen LogP) is 0.874. The Bertz CT molecular complexity index is 623. The Hall–Kier alpha value is -2.15. The number of hydrogen-bond donors (Lipinski definition) is 3. The summed E-state index contributed by atoms with van der Waals surface area (Å²) < 4.78 is 0.877. The molecule has 5 N–H and O–H groups in total. The van der Waals surface area contributed by atoms with Crippen LogP contribution < -0.4 is 16.8 Å². The highest BCUT2D eigenvalue weighted by atomic mass is 32.1. The van der Waals surface area contributed by atoms with E-state index in [4.69, 9.17) is 11.5 Å². The van der Waals surface area contributed by atoms with E-state index in [0.717, 1.165) is 10.2 Å². The zero-order valence-corrected chi connectivity index (χ0v) is 11.0. The molecule has 0 aliphatic rings. The van der Waals surface area contributed by atoms with Crippen LogP contribution >= 0.6 is 11.3 Å². The molecule has 0 fully saturated rings. The second-order valence-corrected chi connectivity index (χ2v) is 5.12. The first-order valence-electron chi connectivity index (χ1n) is 5.79. The molecule has 2 aromatic rings. The molecule has 6 nitrogen and oxygen atoms in total. The number of amides is 2. The molecule has 0 atom stereocenters. The third-order valence-corrected chi connectivity index (χ3v) is 3.40. The Morgan fingerprint density at radius 3 is 2.89 bits per heavy atom. The topological polar surface area (TPSA) is 111 Å². The number of primary amides is 1. The molecule has 0 saturated heterocycles. The van der Waals surface area contributed by atoms with Crippen LogP contribution in [0, 0.1) is 0 Å². The summed E-state index contributed by atoms with van der Waals surface area (Å²) in [4.78, 5) is 26.5. The van der Waals surface area contributed by atoms with Gasteiger partial charge in [0.15, 0.2) is 5.13 Å². The van der Waals surface area contributed by atoms with Crippen molar-refractivity contribution in [3.8, 4) is 0 Å². The first-order chi connectivity index (χ1) is 9.06. The average Bonchev–Trinajstić information content (AvgIpc) is 2.73. The van der Waals surface area contributed by atoms with Crippen molar-refractivity contribution in [1.29, 1.82) is 0 Å². The monoisotopic (exact) mass is 278 g/mol. The van der Waals surface area contributed by atoms with Gasteiger partial charge in [0.05, 0.1) is 10.2 Å². The van der Waals surface area contributed by atoms with Crippen molar-refractivity contribution in [3.63, 3.8) is 0 Å². The first-order valence-corrected chi connectivity index (χ1v) is 6.60. The molecule has 0 spiro atoms. The van der Waals surface area contributed by atoms with Crippen molar-refractivity contribution < 1.29 is 9.59 Å². The summed E-state index contributed by atoms with van der Waals surface area (Å²) in [7, 11) is 0. The van der Waals surface area contributed by atoms with E-state index in [9.17, 15) is 9.59 Å². The molecule has 0 unspecified atom stereocenters. The molecule has 7 heteroatoms. The summed E-state index contributed by atoms with van der Waals surface area (Å²) >= 11 is 1.34. The predicted molar refractivity (Wildman–Crippen MR) is 74.8 cm³/mol. The summed E-state index contributed by atoms with van der Waals surface area (Å²) in [6, 6.07) is 5.22. The number of thiazole rings is 1. The minimum absolute atomic E-state index is 0.182. The van der Waals surface area contributed by atoms with E-state index >= 15 is 0 Å². The third kappa shape index (κ3) is 3.41. The number of fused-ring (bicyclic) bond motifs is 1. The molecule has 0 aliphatic carbocycles. The fourth-order valence-corrected chi connectivity index (χ4v) is 2.42. The summed E-state index contributed by atoms with van der Waals surface area (Å²) in [6.07, 6.45) is 0.807. The smallest absolute Gasteiger partial charge is 0.251 e.